The van der Waals surface area contributed by atoms with E-state index in [1.807, 2.05) is 16.8 Å². The second kappa shape index (κ2) is 20.0. The number of fused-ring (bicyclic) bond motifs is 2. The van der Waals surface area contributed by atoms with E-state index in [9.17, 15) is 24.0 Å². The summed E-state index contributed by atoms with van der Waals surface area (Å²) in [6.45, 7) is 6.73. The minimum atomic E-state index is -1.08. The van der Waals surface area contributed by atoms with Crippen LogP contribution in [0.4, 0.5) is 11.6 Å². The van der Waals surface area contributed by atoms with Gasteiger partial charge in [-0.1, -0.05) is 69.9 Å². The third kappa shape index (κ3) is 10.4. The first kappa shape index (κ1) is 41.8. The average Bonchev–Trinajstić information content (AvgIpc) is 3.76. The molecule has 2 aliphatic rings. The lowest BCUT2D eigenvalue weighted by Crippen LogP contribution is -2.54. The topological polar surface area (TPSA) is 202 Å². The average molecular weight is 794 g/mol. The summed E-state index contributed by atoms with van der Waals surface area (Å²) in [7, 11) is 0. The molecule has 0 radical (unpaired) electrons. The highest BCUT2D eigenvalue weighted by Gasteiger charge is 2.46. The lowest BCUT2D eigenvalue weighted by Gasteiger charge is -2.27. The Labute approximate surface area is 338 Å². The van der Waals surface area contributed by atoms with Gasteiger partial charge in [0, 0.05) is 37.7 Å². The van der Waals surface area contributed by atoms with E-state index in [2.05, 4.69) is 64.5 Å². The van der Waals surface area contributed by atoms with Gasteiger partial charge < -0.3 is 26.4 Å². The Kier molecular flexibility index (Phi) is 14.4. The molecule has 1 fully saturated rings. The van der Waals surface area contributed by atoms with Gasteiger partial charge >= 0.3 is 0 Å². The fourth-order valence-corrected chi connectivity index (χ4v) is 7.29. The van der Waals surface area contributed by atoms with Crippen LogP contribution in [0.3, 0.4) is 0 Å². The number of piperidine rings is 1. The van der Waals surface area contributed by atoms with Crippen LogP contribution in [0.1, 0.15) is 121 Å². The van der Waals surface area contributed by atoms with Crippen molar-refractivity contribution in [3.05, 3.63) is 82.5 Å². The maximum atomic E-state index is 13.2. The molecule has 1 atom stereocenters. The Morgan fingerprint density at radius 2 is 1.66 bits per heavy atom. The summed E-state index contributed by atoms with van der Waals surface area (Å²) in [5.41, 5.74) is 10.2. The molecule has 6 N–H and O–H groups in total. The number of nitrogens with one attached hydrogen (secondary N) is 4. The van der Waals surface area contributed by atoms with Crippen LogP contribution >= 0.6 is 0 Å². The molecule has 0 aliphatic carbocycles. The van der Waals surface area contributed by atoms with Crippen LogP contribution in [0, 0.1) is 0 Å². The maximum Gasteiger partial charge on any atom is 0.266 e. The van der Waals surface area contributed by atoms with Crippen LogP contribution in [0.15, 0.2) is 54.7 Å². The molecule has 0 spiro atoms. The Morgan fingerprint density at radius 3 is 2.41 bits per heavy atom. The van der Waals surface area contributed by atoms with Gasteiger partial charge in [-0.3, -0.25) is 34.2 Å². The van der Waals surface area contributed by atoms with Gasteiger partial charge in [0.15, 0.2) is 12.3 Å². The molecule has 1 saturated heterocycles. The molecule has 15 nitrogen and oxygen atoms in total. The minimum absolute atomic E-state index is 0.0140. The molecule has 2 aromatic carbocycles. The summed E-state index contributed by atoms with van der Waals surface area (Å²) in [4.78, 5) is 68.5. The van der Waals surface area contributed by atoms with Crippen LogP contribution in [0.25, 0.3) is 5.65 Å². The molecule has 0 bridgehead atoms. The number of benzene rings is 2. The number of ether oxygens (including phenoxy) is 1. The van der Waals surface area contributed by atoms with Crippen molar-refractivity contribution in [1.29, 1.82) is 0 Å². The maximum absolute atomic E-state index is 13.2. The van der Waals surface area contributed by atoms with Crippen molar-refractivity contribution >= 4 is 46.8 Å². The van der Waals surface area contributed by atoms with Crippen molar-refractivity contribution in [2.75, 3.05) is 36.9 Å². The van der Waals surface area contributed by atoms with Crippen LogP contribution in [-0.4, -0.2) is 81.3 Å². The molecule has 6 rings (SSSR count). The van der Waals surface area contributed by atoms with Crippen LogP contribution in [0.2, 0.25) is 0 Å². The largest absolute Gasteiger partial charge is 0.483 e. The lowest BCUT2D eigenvalue weighted by molar-refractivity contribution is -0.136. The highest BCUT2D eigenvalue weighted by molar-refractivity contribution is 6.24. The van der Waals surface area contributed by atoms with Gasteiger partial charge in [0.1, 0.15) is 23.4 Å². The summed E-state index contributed by atoms with van der Waals surface area (Å²) in [6.07, 6.45) is 11.2. The highest BCUT2D eigenvalue weighted by Crippen LogP contribution is 2.33. The number of carbonyl (C=O) groups is 5. The van der Waals surface area contributed by atoms with E-state index in [0.717, 1.165) is 98.6 Å². The zero-order valence-corrected chi connectivity index (χ0v) is 33.5. The van der Waals surface area contributed by atoms with Crippen molar-refractivity contribution in [1.82, 2.24) is 30.1 Å². The summed E-state index contributed by atoms with van der Waals surface area (Å²) in [5, 5.41) is 16.8. The van der Waals surface area contributed by atoms with Crippen molar-refractivity contribution in [3.63, 3.8) is 0 Å². The molecule has 4 heterocycles. The van der Waals surface area contributed by atoms with Crippen molar-refractivity contribution in [3.8, 4) is 5.75 Å². The van der Waals surface area contributed by atoms with Crippen LogP contribution in [-0.2, 0) is 27.3 Å². The van der Waals surface area contributed by atoms with E-state index in [0.29, 0.717) is 19.0 Å². The normalized spacial score (nSPS) is 15.2. The number of hydrogen-bond donors (Lipinski definition) is 5. The third-order valence-electron chi connectivity index (χ3n) is 10.6. The quantitative estimate of drug-likeness (QED) is 0.0524. The van der Waals surface area contributed by atoms with Crippen LogP contribution < -0.4 is 31.7 Å². The standard InChI is InChI=1S/C43H55N9O6/c1-28(2)32-26-48-52-36(24-35(49-40(32)52)45-22-9-6-4-8-21-44)47-25-30-17-15-29(16-18-30)12-7-3-5-10-23-46-38(54)27-58-34-14-11-13-31-39(34)43(57)51(42(31)56)33-19-20-37(53)50-41(33)55/h11,13-18,24,26,28,33,47H,3-10,12,19-23,25,27,44H2,1-2H3,(H,45,49)(H,46,54)(H,50,53,55)/t33-/m1/s1. The first-order chi connectivity index (χ1) is 28.1. The van der Waals surface area contributed by atoms with E-state index in [1.165, 1.54) is 23.3 Å². The number of imide groups is 2. The molecular formula is C43H55N9O6. The molecule has 15 heteroatoms. The van der Waals surface area contributed by atoms with Gasteiger partial charge in [0.05, 0.1) is 17.3 Å². The van der Waals surface area contributed by atoms with E-state index in [4.69, 9.17) is 15.5 Å². The number of rotatable bonds is 22. The van der Waals surface area contributed by atoms with Crippen LogP contribution in [0.5, 0.6) is 5.75 Å². The lowest BCUT2D eigenvalue weighted by atomic mass is 10.0. The minimum Gasteiger partial charge on any atom is -0.483 e. The first-order valence-corrected chi connectivity index (χ1v) is 20.5. The number of aryl methyl sites for hydroxylation is 1. The number of unbranched alkanes of at least 4 members (excludes halogenated alkanes) is 6. The van der Waals surface area contributed by atoms with Gasteiger partial charge in [-0.25, -0.2) is 4.98 Å². The number of carbonyl (C=O) groups excluding carboxylic acids is 5. The van der Waals surface area contributed by atoms with E-state index < -0.39 is 29.7 Å². The first-order valence-electron chi connectivity index (χ1n) is 20.5. The van der Waals surface area contributed by atoms with Gasteiger partial charge in [0.2, 0.25) is 11.8 Å². The second-order valence-corrected chi connectivity index (χ2v) is 15.2. The fourth-order valence-electron chi connectivity index (χ4n) is 7.29. The number of anilines is 2. The van der Waals surface area contributed by atoms with Gasteiger partial charge in [-0.05, 0) is 74.2 Å². The molecule has 2 aromatic heterocycles. The molecule has 0 unspecified atom stereocenters. The molecule has 58 heavy (non-hydrogen) atoms. The van der Waals surface area contributed by atoms with Gasteiger partial charge in [-0.2, -0.15) is 9.61 Å². The second-order valence-electron chi connectivity index (χ2n) is 15.2. The highest BCUT2D eigenvalue weighted by atomic mass is 16.5. The number of nitrogens with two attached hydrogens (primary N) is 1. The summed E-state index contributed by atoms with van der Waals surface area (Å²) >= 11 is 0. The predicted molar refractivity (Wildman–Crippen MR) is 221 cm³/mol. The zero-order chi connectivity index (χ0) is 41.0. The summed E-state index contributed by atoms with van der Waals surface area (Å²) in [5.74, 6) is -0.646. The summed E-state index contributed by atoms with van der Waals surface area (Å²) < 4.78 is 7.56. The van der Waals surface area contributed by atoms with E-state index in [1.54, 1.807) is 6.07 Å². The SMILES string of the molecule is CC(C)c1cnn2c(NCc3ccc(CCCCCCNC(=O)COc4cccc5c4C(=O)N([C@@H]4CCC(=O)NC4=O)C5=O)cc3)cc(NCCCCCCN)nc12. The Morgan fingerprint density at radius 1 is 0.914 bits per heavy atom. The Hall–Kier alpha value is -5.83. The summed E-state index contributed by atoms with van der Waals surface area (Å²) in [6, 6.07) is 14.2. The number of hydrogen-bond acceptors (Lipinski definition) is 11. The molecular weight excluding hydrogens is 739 g/mol. The molecule has 2 aliphatic heterocycles. The Balaban J connectivity index is 0.888. The molecule has 0 saturated carbocycles. The Bertz CT molecular complexity index is 2100. The van der Waals surface area contributed by atoms with Crippen molar-refractivity contribution in [2.24, 2.45) is 5.73 Å². The number of aromatic nitrogens is 3. The van der Waals surface area contributed by atoms with Crippen molar-refractivity contribution < 1.29 is 28.7 Å². The predicted octanol–water partition coefficient (Wildman–Crippen LogP) is 5.10. The number of amides is 5. The van der Waals surface area contributed by atoms with E-state index in [-0.39, 0.29) is 42.2 Å². The smallest absolute Gasteiger partial charge is 0.266 e. The van der Waals surface area contributed by atoms with E-state index >= 15 is 0 Å². The fraction of sp³-hybridized carbons (Fsp3) is 0.465. The van der Waals surface area contributed by atoms with Gasteiger partial charge in [-0.15, -0.1) is 0 Å². The third-order valence-corrected chi connectivity index (χ3v) is 10.6. The molecule has 308 valence electrons. The van der Waals surface area contributed by atoms with Gasteiger partial charge in [0.25, 0.3) is 17.7 Å². The van der Waals surface area contributed by atoms with Crippen molar-refractivity contribution in [2.45, 2.75) is 103 Å². The molecule has 4 aromatic rings. The zero-order valence-electron chi connectivity index (χ0n) is 33.5. The monoisotopic (exact) mass is 793 g/mol. The molecule has 5 amide bonds. The number of nitrogens with zero attached hydrogens (tertiary/aromatic N) is 4.